The average Bonchev–Trinajstić information content (AvgIpc) is 3.33. The summed E-state index contributed by atoms with van der Waals surface area (Å²) in [6, 6.07) is 10.8. The number of methoxy groups -OCH3 is 1. The monoisotopic (exact) mass is 717 g/mol. The number of amides is 1. The minimum Gasteiger partial charge on any atom is -0.495 e. The van der Waals surface area contributed by atoms with E-state index in [0.29, 0.717) is 36.5 Å². The summed E-state index contributed by atoms with van der Waals surface area (Å²) in [5.74, 6) is -2.47. The molecule has 262 valence electrons. The second kappa shape index (κ2) is 14.1. The summed E-state index contributed by atoms with van der Waals surface area (Å²) in [6.45, 7) is 5.85. The second-order valence-corrected chi connectivity index (χ2v) is 14.1. The van der Waals surface area contributed by atoms with Gasteiger partial charge < -0.3 is 23.9 Å². The van der Waals surface area contributed by atoms with E-state index in [1.54, 1.807) is 13.0 Å². The van der Waals surface area contributed by atoms with Gasteiger partial charge in [0.25, 0.3) is 21.5 Å². The van der Waals surface area contributed by atoms with Gasteiger partial charge in [-0.3, -0.25) is 9.69 Å². The molecule has 16 heteroatoms. The zero-order valence-corrected chi connectivity index (χ0v) is 28.9. The van der Waals surface area contributed by atoms with Gasteiger partial charge in [0, 0.05) is 50.0 Å². The van der Waals surface area contributed by atoms with Gasteiger partial charge in [-0.1, -0.05) is 23.7 Å². The number of nitrogens with zero attached hydrogens (tertiary/aromatic N) is 5. The van der Waals surface area contributed by atoms with E-state index in [-0.39, 0.29) is 34.3 Å². The molecule has 0 bridgehead atoms. The Morgan fingerprint density at radius 3 is 2.45 bits per heavy atom. The van der Waals surface area contributed by atoms with Crippen LogP contribution < -0.4 is 13.8 Å². The maximum Gasteiger partial charge on any atom is 0.529 e. The van der Waals surface area contributed by atoms with Crippen LogP contribution in [-0.4, -0.2) is 106 Å². The fourth-order valence-corrected chi connectivity index (χ4v) is 8.39. The molecule has 0 radical (unpaired) electrons. The number of hydrogen-bond acceptors (Lipinski definition) is 12. The van der Waals surface area contributed by atoms with E-state index in [2.05, 4.69) is 21.8 Å². The second-order valence-electron chi connectivity index (χ2n) is 11.9. The number of carbonyl (C=O) groups is 2. The van der Waals surface area contributed by atoms with E-state index in [4.69, 9.17) is 30.6 Å². The molecular weight excluding hydrogens is 681 g/mol. The van der Waals surface area contributed by atoms with Crippen molar-refractivity contribution in [3.8, 4) is 11.6 Å². The molecule has 6 rings (SSSR count). The van der Waals surface area contributed by atoms with Crippen LogP contribution in [0, 0.1) is 5.82 Å². The Morgan fingerprint density at radius 2 is 1.76 bits per heavy atom. The van der Waals surface area contributed by atoms with E-state index >= 15 is 4.39 Å². The fraction of sp³-hybridized carbons (Fsp3) is 0.424. The van der Waals surface area contributed by atoms with Crippen LogP contribution in [0.3, 0.4) is 0 Å². The highest BCUT2D eigenvalue weighted by molar-refractivity contribution is 7.93. The van der Waals surface area contributed by atoms with Crippen molar-refractivity contribution in [3.63, 3.8) is 0 Å². The molecule has 4 heterocycles. The van der Waals surface area contributed by atoms with Gasteiger partial charge in [0.1, 0.15) is 16.5 Å². The van der Waals surface area contributed by atoms with Gasteiger partial charge in [-0.15, -0.1) is 5.06 Å². The zero-order chi connectivity index (χ0) is 34.9. The molecule has 0 aliphatic carbocycles. The molecule has 3 aliphatic rings. The Balaban J connectivity index is 1.39. The number of para-hydroxylation sites is 1. The molecule has 2 fully saturated rings. The van der Waals surface area contributed by atoms with Crippen LogP contribution in [-0.2, 0) is 30.0 Å². The Hall–Kier alpha value is -4.02. The summed E-state index contributed by atoms with van der Waals surface area (Å²) < 4.78 is 61.2. The summed E-state index contributed by atoms with van der Waals surface area (Å²) in [5.41, 5.74) is -3.36. The van der Waals surface area contributed by atoms with Gasteiger partial charge in [-0.2, -0.15) is 4.31 Å². The van der Waals surface area contributed by atoms with Crippen LogP contribution in [0.5, 0.6) is 11.6 Å². The van der Waals surface area contributed by atoms with Crippen molar-refractivity contribution in [2.75, 3.05) is 64.3 Å². The molecule has 2 saturated heterocycles. The largest absolute Gasteiger partial charge is 0.529 e. The Bertz CT molecular complexity index is 1840. The molecule has 0 spiro atoms. The molecule has 2 aromatic carbocycles. The Labute approximate surface area is 289 Å². The molecule has 1 aromatic heterocycles. The van der Waals surface area contributed by atoms with Gasteiger partial charge in [-0.05, 0) is 70.2 Å². The molecule has 3 aliphatic heterocycles. The van der Waals surface area contributed by atoms with Gasteiger partial charge >= 0.3 is 6.16 Å². The number of ether oxygens (including phenoxy) is 3. The lowest BCUT2D eigenvalue weighted by atomic mass is 9.87. The van der Waals surface area contributed by atoms with Gasteiger partial charge in [0.15, 0.2) is 0 Å². The molecule has 1 amide bonds. The highest BCUT2D eigenvalue weighted by Crippen LogP contribution is 2.52. The van der Waals surface area contributed by atoms with E-state index in [9.17, 15) is 18.0 Å². The molecule has 13 nitrogen and oxygen atoms in total. The number of benzene rings is 2. The van der Waals surface area contributed by atoms with Crippen LogP contribution in [0.25, 0.3) is 0 Å². The predicted molar refractivity (Wildman–Crippen MR) is 176 cm³/mol. The normalized spacial score (nSPS) is 21.0. The van der Waals surface area contributed by atoms with Gasteiger partial charge in [0.05, 0.1) is 30.0 Å². The molecule has 1 atom stereocenters. The quantitative estimate of drug-likeness (QED) is 0.296. The SMILES string of the molecule is CCOc1ncccc1C1(OC(=O)ON2CCN(C3CCN(C)CC3)CC2)C(=O)N(S(=O)(=O)c2ccccc2OC)c2cc(F)c(Cl)cc21. The third kappa shape index (κ3) is 6.41. The number of likely N-dealkylation sites (tertiary alicyclic amines) is 1. The molecule has 0 saturated carbocycles. The van der Waals surface area contributed by atoms with Crippen LogP contribution >= 0.6 is 11.6 Å². The number of piperazine rings is 1. The molecule has 1 unspecified atom stereocenters. The summed E-state index contributed by atoms with van der Waals surface area (Å²) in [6.07, 6.45) is 2.20. The van der Waals surface area contributed by atoms with Crippen molar-refractivity contribution < 1.29 is 41.4 Å². The van der Waals surface area contributed by atoms with Crippen LogP contribution in [0.1, 0.15) is 30.9 Å². The Kier molecular flexibility index (Phi) is 10.0. The highest BCUT2D eigenvalue weighted by atomic mass is 35.5. The van der Waals surface area contributed by atoms with E-state index in [1.807, 2.05) is 0 Å². The van der Waals surface area contributed by atoms with Crippen molar-refractivity contribution in [2.24, 2.45) is 0 Å². The van der Waals surface area contributed by atoms with Crippen molar-refractivity contribution in [3.05, 3.63) is 76.7 Å². The summed E-state index contributed by atoms with van der Waals surface area (Å²) in [4.78, 5) is 42.8. The standard InChI is InChI=1S/C33H37ClFN5O8S/c1-4-46-30-23(8-7-13-36-30)33(47-32(42)48-39-18-16-38(17-19-39)22-11-14-37(2)15-12-22)24-20-25(34)26(35)21-27(24)40(31(33)41)49(43,44)29-10-6-5-9-28(29)45-3/h5-10,13,20-22H,4,11-12,14-19H2,1-3H3. The molecule has 3 aromatic rings. The molecule has 49 heavy (non-hydrogen) atoms. The first-order valence-corrected chi connectivity index (χ1v) is 17.7. The van der Waals surface area contributed by atoms with Gasteiger partial charge in [-0.25, -0.2) is 22.6 Å². The lowest BCUT2D eigenvalue weighted by molar-refractivity contribution is -0.168. The van der Waals surface area contributed by atoms with Crippen LogP contribution in [0.2, 0.25) is 5.02 Å². The predicted octanol–water partition coefficient (Wildman–Crippen LogP) is 4.04. The van der Waals surface area contributed by atoms with Crippen LogP contribution in [0.15, 0.2) is 59.6 Å². The number of anilines is 1. The van der Waals surface area contributed by atoms with Gasteiger partial charge in [0.2, 0.25) is 5.88 Å². The van der Waals surface area contributed by atoms with Crippen molar-refractivity contribution >= 4 is 39.4 Å². The third-order valence-corrected chi connectivity index (χ3v) is 11.1. The fourth-order valence-electron chi connectivity index (χ4n) is 6.62. The molecule has 0 N–H and O–H groups in total. The topological polar surface area (TPSA) is 131 Å². The number of sulfonamides is 1. The third-order valence-electron chi connectivity index (χ3n) is 9.06. The first-order chi connectivity index (χ1) is 23.5. The summed E-state index contributed by atoms with van der Waals surface area (Å²) in [7, 11) is -1.45. The lowest BCUT2D eigenvalue weighted by Crippen LogP contribution is -2.53. The first kappa shape index (κ1) is 34.8. The smallest absolute Gasteiger partial charge is 0.495 e. The number of carbonyl (C=O) groups excluding carboxylic acids is 2. The number of piperidine rings is 1. The number of hydroxylamine groups is 2. The van der Waals surface area contributed by atoms with Crippen molar-refractivity contribution in [2.45, 2.75) is 36.3 Å². The lowest BCUT2D eigenvalue weighted by Gasteiger charge is -2.41. The van der Waals surface area contributed by atoms with Crippen LogP contribution in [0.4, 0.5) is 14.9 Å². The van der Waals surface area contributed by atoms with Crippen molar-refractivity contribution in [1.82, 2.24) is 19.8 Å². The minimum atomic E-state index is -4.82. The minimum absolute atomic E-state index is 0.0695. The van der Waals surface area contributed by atoms with E-state index < -0.39 is 44.2 Å². The average molecular weight is 718 g/mol. The summed E-state index contributed by atoms with van der Waals surface area (Å²) >= 11 is 6.25. The number of hydrogen-bond donors (Lipinski definition) is 0. The van der Waals surface area contributed by atoms with E-state index in [0.717, 1.165) is 38.1 Å². The first-order valence-electron chi connectivity index (χ1n) is 15.9. The van der Waals surface area contributed by atoms with E-state index in [1.165, 1.54) is 48.7 Å². The summed E-state index contributed by atoms with van der Waals surface area (Å²) in [5, 5.41) is 0.992. The maximum atomic E-state index is 15.1. The number of halogens is 2. The molecular formula is C33H37ClFN5O8S. The number of aromatic nitrogens is 1. The number of pyridine rings is 1. The zero-order valence-electron chi connectivity index (χ0n) is 27.3. The Morgan fingerprint density at radius 1 is 1.04 bits per heavy atom. The highest BCUT2D eigenvalue weighted by Gasteiger charge is 2.62. The number of fused-ring (bicyclic) bond motifs is 1. The van der Waals surface area contributed by atoms with Crippen molar-refractivity contribution in [1.29, 1.82) is 0 Å². The maximum absolute atomic E-state index is 15.1. The number of rotatable bonds is 9.